The maximum absolute atomic E-state index is 11.5. The minimum absolute atomic E-state index is 0.0598. The molecule has 0 saturated carbocycles. The number of halogens is 1. The molecule has 0 fully saturated rings. The lowest BCUT2D eigenvalue weighted by atomic mass is 10.1. The molecule has 1 aromatic carbocycles. The topological polar surface area (TPSA) is 75.6 Å². The highest BCUT2D eigenvalue weighted by atomic mass is 35.5. The highest BCUT2D eigenvalue weighted by Gasteiger charge is 2.15. The number of hydrogen-bond acceptors (Lipinski definition) is 3. The van der Waals surface area contributed by atoms with Crippen molar-refractivity contribution >= 4 is 23.5 Å². The molecular weight excluding hydrogens is 270 g/mol. The summed E-state index contributed by atoms with van der Waals surface area (Å²) in [6.45, 7) is 5.39. The summed E-state index contributed by atoms with van der Waals surface area (Å²) < 4.78 is 5.23. The first-order valence-electron chi connectivity index (χ1n) is 5.66. The van der Waals surface area contributed by atoms with Crippen molar-refractivity contribution in [3.05, 3.63) is 28.8 Å². The van der Waals surface area contributed by atoms with E-state index in [-0.39, 0.29) is 34.4 Å². The Morgan fingerprint density at radius 2 is 2.00 bits per heavy atom. The lowest BCUT2D eigenvalue weighted by Crippen LogP contribution is -2.43. The Morgan fingerprint density at radius 3 is 2.53 bits per heavy atom. The van der Waals surface area contributed by atoms with Crippen LogP contribution < -0.4 is 10.1 Å². The molecule has 6 heteroatoms. The van der Waals surface area contributed by atoms with Gasteiger partial charge in [-0.1, -0.05) is 11.6 Å². The van der Waals surface area contributed by atoms with E-state index in [0.717, 1.165) is 0 Å². The first-order valence-corrected chi connectivity index (χ1v) is 6.03. The van der Waals surface area contributed by atoms with Crippen LogP contribution in [0.3, 0.4) is 0 Å². The monoisotopic (exact) mass is 285 g/mol. The Morgan fingerprint density at radius 1 is 1.37 bits per heavy atom. The van der Waals surface area contributed by atoms with Gasteiger partial charge in [-0.15, -0.1) is 0 Å². The summed E-state index contributed by atoms with van der Waals surface area (Å²) in [6.07, 6.45) is 0. The van der Waals surface area contributed by atoms with E-state index >= 15 is 0 Å². The van der Waals surface area contributed by atoms with Crippen LogP contribution in [0.15, 0.2) is 18.2 Å². The molecule has 0 aliphatic heterocycles. The van der Waals surface area contributed by atoms with E-state index in [0.29, 0.717) is 0 Å². The molecular formula is C13H16ClNO4. The molecule has 1 amide bonds. The van der Waals surface area contributed by atoms with Gasteiger partial charge in [0.2, 0.25) is 0 Å². The normalized spacial score (nSPS) is 10.9. The third-order valence-corrected chi connectivity index (χ3v) is 2.38. The third-order valence-electron chi connectivity index (χ3n) is 2.05. The molecule has 5 nitrogen and oxygen atoms in total. The summed E-state index contributed by atoms with van der Waals surface area (Å²) in [5.74, 6) is -1.14. The van der Waals surface area contributed by atoms with Crippen molar-refractivity contribution in [1.29, 1.82) is 0 Å². The first kappa shape index (κ1) is 15.3. The van der Waals surface area contributed by atoms with Gasteiger partial charge in [0.1, 0.15) is 5.75 Å². The molecule has 1 rings (SSSR count). The minimum atomic E-state index is -1.14. The number of rotatable bonds is 4. The second-order valence-corrected chi connectivity index (χ2v) is 5.44. The van der Waals surface area contributed by atoms with Gasteiger partial charge in [0.05, 0.1) is 10.6 Å². The number of carboxylic acids is 1. The fourth-order valence-corrected chi connectivity index (χ4v) is 1.56. The zero-order valence-corrected chi connectivity index (χ0v) is 11.7. The average molecular weight is 286 g/mol. The number of carbonyl (C=O) groups excluding carboxylic acids is 1. The van der Waals surface area contributed by atoms with Crippen molar-refractivity contribution < 1.29 is 19.4 Å². The van der Waals surface area contributed by atoms with Crippen LogP contribution >= 0.6 is 11.6 Å². The second-order valence-electron chi connectivity index (χ2n) is 5.03. The molecule has 19 heavy (non-hydrogen) atoms. The van der Waals surface area contributed by atoms with Crippen molar-refractivity contribution in [2.75, 3.05) is 6.61 Å². The molecule has 2 N–H and O–H groups in total. The van der Waals surface area contributed by atoms with Gasteiger partial charge in [0.15, 0.2) is 6.61 Å². The Hall–Kier alpha value is -1.75. The van der Waals surface area contributed by atoms with Crippen LogP contribution in [-0.2, 0) is 4.79 Å². The smallest absolute Gasteiger partial charge is 0.337 e. The predicted molar refractivity (Wildman–Crippen MR) is 71.8 cm³/mol. The van der Waals surface area contributed by atoms with E-state index in [1.54, 1.807) is 0 Å². The number of ether oxygens (including phenoxy) is 1. The molecule has 0 heterocycles. The number of amides is 1. The number of carboxylic acid groups (broad SMARTS) is 1. The van der Waals surface area contributed by atoms with Gasteiger partial charge in [-0.25, -0.2) is 4.79 Å². The SMILES string of the molecule is CC(C)(C)NC(=O)COc1ccc(Cl)c(C(=O)O)c1. The molecule has 0 aromatic heterocycles. The number of nitrogens with one attached hydrogen (secondary N) is 1. The lowest BCUT2D eigenvalue weighted by molar-refractivity contribution is -0.124. The zero-order valence-electron chi connectivity index (χ0n) is 11.0. The van der Waals surface area contributed by atoms with Crippen molar-refractivity contribution in [3.8, 4) is 5.75 Å². The third kappa shape index (κ3) is 5.18. The van der Waals surface area contributed by atoms with Crippen molar-refractivity contribution in [2.24, 2.45) is 0 Å². The van der Waals surface area contributed by atoms with Crippen molar-refractivity contribution in [1.82, 2.24) is 5.32 Å². The Kier molecular flexibility index (Phi) is 4.78. The maximum Gasteiger partial charge on any atom is 0.337 e. The van der Waals surface area contributed by atoms with Crippen LogP contribution in [0.4, 0.5) is 0 Å². The number of benzene rings is 1. The molecule has 0 radical (unpaired) electrons. The molecule has 0 bridgehead atoms. The van der Waals surface area contributed by atoms with E-state index in [2.05, 4.69) is 5.32 Å². The van der Waals surface area contributed by atoms with E-state index in [9.17, 15) is 9.59 Å². The molecule has 104 valence electrons. The second kappa shape index (κ2) is 5.93. The van der Waals surface area contributed by atoms with Crippen LogP contribution in [0.1, 0.15) is 31.1 Å². The van der Waals surface area contributed by atoms with Gasteiger partial charge in [-0.2, -0.15) is 0 Å². The summed E-state index contributed by atoms with van der Waals surface area (Å²) in [5.41, 5.74) is -0.400. The van der Waals surface area contributed by atoms with E-state index in [4.69, 9.17) is 21.4 Å². The van der Waals surface area contributed by atoms with Gasteiger partial charge in [0.25, 0.3) is 5.91 Å². The van der Waals surface area contributed by atoms with Crippen LogP contribution in [0.2, 0.25) is 5.02 Å². The molecule has 0 atom stereocenters. The van der Waals surface area contributed by atoms with Gasteiger partial charge in [-0.3, -0.25) is 4.79 Å². The zero-order chi connectivity index (χ0) is 14.6. The fraction of sp³-hybridized carbons (Fsp3) is 0.385. The fourth-order valence-electron chi connectivity index (χ4n) is 1.36. The molecule has 0 aliphatic rings. The number of aromatic carboxylic acids is 1. The molecule has 0 spiro atoms. The summed E-state index contributed by atoms with van der Waals surface area (Å²) in [6, 6.07) is 4.22. The van der Waals surface area contributed by atoms with Crippen molar-refractivity contribution in [2.45, 2.75) is 26.3 Å². The summed E-state index contributed by atoms with van der Waals surface area (Å²) in [4.78, 5) is 22.4. The van der Waals surface area contributed by atoms with E-state index in [1.165, 1.54) is 18.2 Å². The lowest BCUT2D eigenvalue weighted by Gasteiger charge is -2.20. The van der Waals surface area contributed by atoms with E-state index in [1.807, 2.05) is 20.8 Å². The van der Waals surface area contributed by atoms with Crippen LogP contribution in [0.25, 0.3) is 0 Å². The van der Waals surface area contributed by atoms with Crippen LogP contribution in [0, 0.1) is 0 Å². The minimum Gasteiger partial charge on any atom is -0.484 e. The Bertz CT molecular complexity index is 494. The largest absolute Gasteiger partial charge is 0.484 e. The van der Waals surface area contributed by atoms with Crippen LogP contribution in [0.5, 0.6) is 5.75 Å². The van der Waals surface area contributed by atoms with E-state index < -0.39 is 5.97 Å². The number of carbonyl (C=O) groups is 2. The summed E-state index contributed by atoms with van der Waals surface area (Å²) in [7, 11) is 0. The number of hydrogen-bond donors (Lipinski definition) is 2. The van der Waals surface area contributed by atoms with Gasteiger partial charge >= 0.3 is 5.97 Å². The predicted octanol–water partition coefficient (Wildman–Crippen LogP) is 2.33. The highest BCUT2D eigenvalue weighted by molar-refractivity contribution is 6.33. The van der Waals surface area contributed by atoms with Gasteiger partial charge in [0, 0.05) is 5.54 Å². The highest BCUT2D eigenvalue weighted by Crippen LogP contribution is 2.22. The average Bonchev–Trinajstić information content (AvgIpc) is 2.25. The summed E-state index contributed by atoms with van der Waals surface area (Å²) >= 11 is 5.73. The molecule has 1 aromatic rings. The maximum atomic E-state index is 11.5. The summed E-state index contributed by atoms with van der Waals surface area (Å²) in [5, 5.41) is 11.8. The van der Waals surface area contributed by atoms with Crippen molar-refractivity contribution in [3.63, 3.8) is 0 Å². The molecule has 0 saturated heterocycles. The van der Waals surface area contributed by atoms with Crippen LogP contribution in [-0.4, -0.2) is 29.1 Å². The molecule has 0 unspecified atom stereocenters. The quantitative estimate of drug-likeness (QED) is 0.890. The standard InChI is InChI=1S/C13H16ClNO4/c1-13(2,3)15-11(16)7-19-8-4-5-10(14)9(6-8)12(17)18/h4-6H,7H2,1-3H3,(H,15,16)(H,17,18). The molecule has 0 aliphatic carbocycles. The Balaban J connectivity index is 2.66. The van der Waals surface area contributed by atoms with Gasteiger partial charge < -0.3 is 15.2 Å². The Labute approximate surface area is 116 Å². The first-order chi connectivity index (χ1) is 8.69. The van der Waals surface area contributed by atoms with Gasteiger partial charge in [-0.05, 0) is 39.0 Å².